The van der Waals surface area contributed by atoms with Gasteiger partial charge in [0.05, 0.1) is 23.6 Å². The number of amides is 1. The Balaban J connectivity index is 2.16. The van der Waals surface area contributed by atoms with Gasteiger partial charge in [-0.05, 0) is 17.6 Å². The van der Waals surface area contributed by atoms with E-state index < -0.39 is 11.9 Å². The van der Waals surface area contributed by atoms with Crippen molar-refractivity contribution in [1.29, 1.82) is 0 Å². The van der Waals surface area contributed by atoms with Gasteiger partial charge in [0, 0.05) is 6.20 Å². The van der Waals surface area contributed by atoms with Gasteiger partial charge in [0.15, 0.2) is 0 Å². The van der Waals surface area contributed by atoms with Crippen LogP contribution in [0.5, 0.6) is 0 Å². The minimum Gasteiger partial charge on any atom is -0.478 e. The van der Waals surface area contributed by atoms with Crippen molar-refractivity contribution in [1.82, 2.24) is 14.6 Å². The van der Waals surface area contributed by atoms with E-state index in [1.807, 2.05) is 0 Å². The fraction of sp³-hybridized carbons (Fsp3) is 0. The summed E-state index contributed by atoms with van der Waals surface area (Å²) >= 11 is 0.951. The predicted octanol–water partition coefficient (Wildman–Crippen LogP) is 0.884. The van der Waals surface area contributed by atoms with Gasteiger partial charge in [-0.15, -0.1) is 5.10 Å². The Morgan fingerprint density at radius 3 is 2.76 bits per heavy atom. The van der Waals surface area contributed by atoms with Crippen LogP contribution in [0.1, 0.15) is 20.0 Å². The van der Waals surface area contributed by atoms with Crippen molar-refractivity contribution in [3.05, 3.63) is 35.1 Å². The molecule has 0 saturated heterocycles. The molecule has 2 N–H and O–H groups in total. The highest BCUT2D eigenvalue weighted by atomic mass is 32.1. The molecule has 2 aromatic rings. The Labute approximate surface area is 99.3 Å². The normalized spacial score (nSPS) is 9.88. The Morgan fingerprint density at radius 1 is 1.29 bits per heavy atom. The van der Waals surface area contributed by atoms with Gasteiger partial charge in [0.2, 0.25) is 0 Å². The van der Waals surface area contributed by atoms with Crippen molar-refractivity contribution >= 4 is 29.1 Å². The van der Waals surface area contributed by atoms with E-state index in [1.165, 1.54) is 24.7 Å². The van der Waals surface area contributed by atoms with Crippen LogP contribution in [0.15, 0.2) is 24.7 Å². The smallest absolute Gasteiger partial charge is 0.337 e. The van der Waals surface area contributed by atoms with Crippen LogP contribution >= 0.6 is 11.5 Å². The van der Waals surface area contributed by atoms with Crippen LogP contribution in [-0.4, -0.2) is 31.6 Å². The zero-order valence-corrected chi connectivity index (χ0v) is 9.14. The maximum atomic E-state index is 11.6. The van der Waals surface area contributed by atoms with E-state index >= 15 is 0 Å². The van der Waals surface area contributed by atoms with Crippen LogP contribution in [-0.2, 0) is 0 Å². The highest BCUT2D eigenvalue weighted by molar-refractivity contribution is 7.07. The Hall–Kier alpha value is -2.35. The average Bonchev–Trinajstić information content (AvgIpc) is 2.82. The number of carboxylic acid groups (broad SMARTS) is 1. The molecule has 0 atom stereocenters. The molecule has 2 aromatic heterocycles. The topological polar surface area (TPSA) is 105 Å². The zero-order chi connectivity index (χ0) is 12.3. The van der Waals surface area contributed by atoms with Crippen molar-refractivity contribution in [2.75, 3.05) is 5.32 Å². The Morgan fingerprint density at radius 2 is 2.12 bits per heavy atom. The number of nitrogens with zero attached hydrogens (tertiary/aromatic N) is 3. The monoisotopic (exact) mass is 250 g/mol. The van der Waals surface area contributed by atoms with Gasteiger partial charge in [0.1, 0.15) is 4.88 Å². The van der Waals surface area contributed by atoms with Crippen molar-refractivity contribution in [2.24, 2.45) is 0 Å². The number of rotatable bonds is 3. The lowest BCUT2D eigenvalue weighted by atomic mass is 10.2. The van der Waals surface area contributed by atoms with Crippen molar-refractivity contribution in [3.63, 3.8) is 0 Å². The lowest BCUT2D eigenvalue weighted by Crippen LogP contribution is -2.11. The first-order valence-corrected chi connectivity index (χ1v) is 5.21. The molecule has 0 aliphatic rings. The molecule has 2 heterocycles. The molecule has 2 rings (SSSR count). The van der Waals surface area contributed by atoms with Gasteiger partial charge >= 0.3 is 5.97 Å². The lowest BCUT2D eigenvalue weighted by molar-refractivity contribution is 0.0696. The quantitative estimate of drug-likeness (QED) is 0.837. The summed E-state index contributed by atoms with van der Waals surface area (Å²) in [6.07, 6.45) is 3.89. The van der Waals surface area contributed by atoms with E-state index in [0.29, 0.717) is 10.6 Å². The van der Waals surface area contributed by atoms with Gasteiger partial charge in [0.25, 0.3) is 5.91 Å². The lowest BCUT2D eigenvalue weighted by Gasteiger charge is -2.02. The molecule has 0 aliphatic heterocycles. The molecule has 0 saturated carbocycles. The Bertz CT molecular complexity index is 555. The number of aromatic carboxylic acids is 1. The molecule has 17 heavy (non-hydrogen) atoms. The van der Waals surface area contributed by atoms with Gasteiger partial charge < -0.3 is 10.4 Å². The minimum atomic E-state index is -1.10. The number of hydrogen-bond donors (Lipinski definition) is 2. The van der Waals surface area contributed by atoms with E-state index in [9.17, 15) is 9.59 Å². The van der Waals surface area contributed by atoms with Gasteiger partial charge in [-0.2, -0.15) is 0 Å². The second-order valence-electron chi connectivity index (χ2n) is 3.00. The highest BCUT2D eigenvalue weighted by Crippen LogP contribution is 2.11. The van der Waals surface area contributed by atoms with E-state index in [0.717, 1.165) is 11.5 Å². The first-order valence-electron chi connectivity index (χ1n) is 4.44. The zero-order valence-electron chi connectivity index (χ0n) is 8.32. The summed E-state index contributed by atoms with van der Waals surface area (Å²) in [5, 5.41) is 14.8. The molecule has 0 spiro atoms. The van der Waals surface area contributed by atoms with E-state index in [-0.39, 0.29) is 5.56 Å². The largest absolute Gasteiger partial charge is 0.478 e. The molecule has 0 aromatic carbocycles. The first-order chi connectivity index (χ1) is 8.16. The fourth-order valence-electron chi connectivity index (χ4n) is 1.09. The van der Waals surface area contributed by atoms with Crippen LogP contribution in [0.3, 0.4) is 0 Å². The second kappa shape index (κ2) is 4.66. The molecule has 8 heteroatoms. The predicted molar refractivity (Wildman–Crippen MR) is 59.1 cm³/mol. The minimum absolute atomic E-state index is 0.00484. The van der Waals surface area contributed by atoms with Crippen LogP contribution < -0.4 is 5.32 Å². The first kappa shape index (κ1) is 11.1. The van der Waals surface area contributed by atoms with Crippen LogP contribution in [0, 0.1) is 0 Å². The third kappa shape index (κ3) is 2.61. The molecular formula is C9H6N4O3S. The SMILES string of the molecule is O=C(O)c1cncc(NC(=O)c2cnns2)c1. The highest BCUT2D eigenvalue weighted by Gasteiger charge is 2.10. The van der Waals surface area contributed by atoms with Crippen molar-refractivity contribution in [2.45, 2.75) is 0 Å². The van der Waals surface area contributed by atoms with Gasteiger partial charge in [-0.3, -0.25) is 9.78 Å². The van der Waals surface area contributed by atoms with E-state index in [1.54, 1.807) is 0 Å². The number of carboxylic acids is 1. The standard InChI is InChI=1S/C9H6N4O3S/c14-8(7-4-11-13-17-7)12-6-1-5(9(15)16)2-10-3-6/h1-4H,(H,12,14)(H,15,16). The second-order valence-corrected chi connectivity index (χ2v) is 3.79. The summed E-state index contributed by atoms with van der Waals surface area (Å²) in [5.74, 6) is -1.50. The number of anilines is 1. The number of carbonyl (C=O) groups is 2. The number of hydrogen-bond acceptors (Lipinski definition) is 6. The number of carbonyl (C=O) groups excluding carboxylic acids is 1. The van der Waals surface area contributed by atoms with E-state index in [4.69, 9.17) is 5.11 Å². The summed E-state index contributed by atoms with van der Waals surface area (Å²) in [7, 11) is 0. The van der Waals surface area contributed by atoms with Crippen LogP contribution in [0.25, 0.3) is 0 Å². The fourth-order valence-corrected chi connectivity index (χ4v) is 1.50. The summed E-state index contributed by atoms with van der Waals surface area (Å²) in [5.41, 5.74) is 0.313. The molecule has 0 aliphatic carbocycles. The maximum absolute atomic E-state index is 11.6. The summed E-state index contributed by atoms with van der Waals surface area (Å²) in [6.45, 7) is 0. The van der Waals surface area contributed by atoms with Gasteiger partial charge in [-0.1, -0.05) is 4.49 Å². The average molecular weight is 250 g/mol. The van der Waals surface area contributed by atoms with Crippen LogP contribution in [0.4, 0.5) is 5.69 Å². The molecule has 1 amide bonds. The summed E-state index contributed by atoms with van der Waals surface area (Å²) in [6, 6.07) is 1.32. The van der Waals surface area contributed by atoms with Gasteiger partial charge in [-0.25, -0.2) is 4.79 Å². The molecule has 86 valence electrons. The Kier molecular flexibility index (Phi) is 3.06. The molecule has 0 bridgehead atoms. The van der Waals surface area contributed by atoms with Crippen LogP contribution in [0.2, 0.25) is 0 Å². The molecular weight excluding hydrogens is 244 g/mol. The number of aromatic nitrogens is 3. The van der Waals surface area contributed by atoms with Crippen molar-refractivity contribution < 1.29 is 14.7 Å². The molecule has 7 nitrogen and oxygen atoms in total. The molecule has 0 fully saturated rings. The molecule has 0 unspecified atom stereocenters. The third-order valence-corrected chi connectivity index (χ3v) is 2.49. The maximum Gasteiger partial charge on any atom is 0.337 e. The summed E-state index contributed by atoms with van der Waals surface area (Å²) < 4.78 is 3.55. The van der Waals surface area contributed by atoms with E-state index in [2.05, 4.69) is 19.9 Å². The summed E-state index contributed by atoms with van der Waals surface area (Å²) in [4.78, 5) is 26.4. The third-order valence-electron chi connectivity index (χ3n) is 1.83. The molecule has 0 radical (unpaired) electrons. The number of nitrogens with one attached hydrogen (secondary N) is 1. The van der Waals surface area contributed by atoms with Crippen molar-refractivity contribution in [3.8, 4) is 0 Å². The number of pyridine rings is 1.